The van der Waals surface area contributed by atoms with Crippen molar-refractivity contribution in [2.75, 3.05) is 5.01 Å². The number of benzene rings is 3. The largest absolute Gasteiger partial charge is 0.494 e. The highest BCUT2D eigenvalue weighted by Crippen LogP contribution is 2.60. The maximum absolute atomic E-state index is 13.6. The molecular formula is C35H32N4O4. The monoisotopic (exact) mass is 572 g/mol. The van der Waals surface area contributed by atoms with E-state index in [0.717, 1.165) is 33.1 Å². The second kappa shape index (κ2) is 9.39. The number of carbonyl (C=O) groups excluding carboxylic acids is 1. The molecule has 0 spiro atoms. The second-order valence-corrected chi connectivity index (χ2v) is 12.9. The van der Waals surface area contributed by atoms with Crippen molar-refractivity contribution in [1.82, 2.24) is 9.55 Å². The number of aromatic nitrogens is 2. The van der Waals surface area contributed by atoms with Crippen LogP contribution in [-0.4, -0.2) is 26.3 Å². The van der Waals surface area contributed by atoms with Crippen LogP contribution in [0.1, 0.15) is 56.6 Å². The van der Waals surface area contributed by atoms with Crippen molar-refractivity contribution in [3.63, 3.8) is 0 Å². The summed E-state index contributed by atoms with van der Waals surface area (Å²) < 4.78 is 1.09. The summed E-state index contributed by atoms with van der Waals surface area (Å²) in [5, 5.41) is 18.9. The van der Waals surface area contributed by atoms with Crippen molar-refractivity contribution in [2.45, 2.75) is 50.9 Å². The van der Waals surface area contributed by atoms with Crippen LogP contribution in [0.5, 0.6) is 5.88 Å². The molecule has 4 bridgehead atoms. The molecule has 4 fully saturated rings. The zero-order valence-electron chi connectivity index (χ0n) is 23.9. The van der Waals surface area contributed by atoms with Gasteiger partial charge in [0.25, 0.3) is 11.5 Å². The number of nitrogens with one attached hydrogen (secondary N) is 1. The second-order valence-electron chi connectivity index (χ2n) is 12.9. The Bertz CT molecular complexity index is 1960. The number of hydrogen-bond donors (Lipinski definition) is 2. The minimum absolute atomic E-state index is 0.163. The van der Waals surface area contributed by atoms with Gasteiger partial charge in [0.15, 0.2) is 0 Å². The molecule has 4 saturated carbocycles. The van der Waals surface area contributed by atoms with E-state index in [4.69, 9.17) is 0 Å². The van der Waals surface area contributed by atoms with Crippen LogP contribution in [0.3, 0.4) is 0 Å². The number of aromatic hydroxyl groups is 1. The van der Waals surface area contributed by atoms with E-state index in [9.17, 15) is 19.5 Å². The van der Waals surface area contributed by atoms with Crippen LogP contribution < -0.4 is 16.3 Å². The highest BCUT2D eigenvalue weighted by Gasteiger charge is 2.51. The van der Waals surface area contributed by atoms with Crippen LogP contribution in [0, 0.1) is 17.8 Å². The van der Waals surface area contributed by atoms with Gasteiger partial charge in [0.05, 0.1) is 22.7 Å². The number of anilines is 1. The fraction of sp³-hybridized carbons (Fsp3) is 0.314. The smallest absolute Gasteiger partial charge is 0.335 e. The summed E-state index contributed by atoms with van der Waals surface area (Å²) in [7, 11) is 0. The number of hydrogen-bond acceptors (Lipinski definition) is 5. The Labute approximate surface area is 248 Å². The number of amides is 1. The van der Waals surface area contributed by atoms with E-state index < -0.39 is 23.0 Å². The van der Waals surface area contributed by atoms with Gasteiger partial charge in [0.1, 0.15) is 5.56 Å². The quantitative estimate of drug-likeness (QED) is 0.308. The van der Waals surface area contributed by atoms with E-state index in [1.165, 1.54) is 55.2 Å². The molecule has 5 aliphatic rings. The van der Waals surface area contributed by atoms with Crippen LogP contribution >= 0.6 is 0 Å². The summed E-state index contributed by atoms with van der Waals surface area (Å²) in [6, 6.07) is 21.2. The van der Waals surface area contributed by atoms with Gasteiger partial charge < -0.3 is 5.11 Å². The molecule has 9 rings (SSSR count). The number of hydrazone groups is 1. The molecule has 1 aromatic heterocycles. The molecule has 0 radical (unpaired) electrons. The van der Waals surface area contributed by atoms with Gasteiger partial charge in [-0.25, -0.2) is 9.36 Å². The number of aromatic amines is 1. The minimum atomic E-state index is -0.777. The van der Waals surface area contributed by atoms with Crippen molar-refractivity contribution in [2.24, 2.45) is 22.9 Å². The van der Waals surface area contributed by atoms with Gasteiger partial charge in [-0.3, -0.25) is 14.6 Å². The Morgan fingerprint density at radius 2 is 1.53 bits per heavy atom. The Hall–Kier alpha value is -4.72. The maximum atomic E-state index is 13.6. The Balaban J connectivity index is 1.15. The van der Waals surface area contributed by atoms with Crippen LogP contribution in [0.4, 0.5) is 5.69 Å². The van der Waals surface area contributed by atoms with E-state index in [2.05, 4.69) is 22.2 Å². The van der Waals surface area contributed by atoms with Crippen molar-refractivity contribution < 1.29 is 9.90 Å². The summed E-state index contributed by atoms with van der Waals surface area (Å²) in [6.45, 7) is 1.68. The third-order valence-electron chi connectivity index (χ3n) is 10.2. The molecule has 8 nitrogen and oxygen atoms in total. The minimum Gasteiger partial charge on any atom is -0.494 e. The summed E-state index contributed by atoms with van der Waals surface area (Å²) in [4.78, 5) is 41.8. The Morgan fingerprint density at radius 3 is 2.23 bits per heavy atom. The highest BCUT2D eigenvalue weighted by atomic mass is 16.3. The first-order valence-electron chi connectivity index (χ1n) is 15.1. The topological polar surface area (TPSA) is 108 Å². The van der Waals surface area contributed by atoms with Crippen molar-refractivity contribution >= 4 is 34.2 Å². The molecule has 0 atom stereocenters. The third-order valence-corrected chi connectivity index (χ3v) is 10.2. The van der Waals surface area contributed by atoms with E-state index in [1.807, 2.05) is 54.6 Å². The summed E-state index contributed by atoms with van der Waals surface area (Å²) >= 11 is 0. The predicted molar refractivity (Wildman–Crippen MR) is 167 cm³/mol. The van der Waals surface area contributed by atoms with E-state index in [0.29, 0.717) is 17.1 Å². The fourth-order valence-electron chi connectivity index (χ4n) is 8.72. The highest BCUT2D eigenvalue weighted by molar-refractivity contribution is 6.33. The summed E-state index contributed by atoms with van der Waals surface area (Å²) in [5.41, 5.74) is 1.43. The lowest BCUT2D eigenvalue weighted by Crippen LogP contribution is -2.48. The molecule has 2 N–H and O–H groups in total. The molecule has 0 saturated heterocycles. The standard InChI is InChI=1S/C35H32N4O4/c1-20-28(33(42)39(37-20)30-8-4-6-24-5-2-3-7-27(24)30)16-29-31(40)36-34(43)38(32(29)41)26-11-9-25(10-12-26)35-17-21-13-22(18-35)15-23(14-21)19-35/h2-12,16,21-23,41H,13-15,17-19H2,1H3,(H,36,40,43). The van der Waals surface area contributed by atoms with Gasteiger partial charge in [-0.1, -0.05) is 48.5 Å². The van der Waals surface area contributed by atoms with Gasteiger partial charge in [-0.15, -0.1) is 0 Å². The maximum Gasteiger partial charge on any atom is 0.335 e. The van der Waals surface area contributed by atoms with E-state index in [1.54, 1.807) is 6.92 Å². The summed E-state index contributed by atoms with van der Waals surface area (Å²) in [6.07, 6.45) is 9.09. The molecule has 0 unspecified atom stereocenters. The molecule has 2 heterocycles. The zero-order chi connectivity index (χ0) is 29.5. The number of nitrogens with zero attached hydrogens (tertiary/aromatic N) is 3. The molecule has 1 aliphatic heterocycles. The third kappa shape index (κ3) is 4.03. The molecule has 4 aliphatic carbocycles. The lowest BCUT2D eigenvalue weighted by molar-refractivity contribution is -0.114. The van der Waals surface area contributed by atoms with E-state index in [-0.39, 0.29) is 16.6 Å². The molecule has 216 valence electrons. The average molecular weight is 573 g/mol. The predicted octanol–water partition coefficient (Wildman–Crippen LogP) is 5.66. The first kappa shape index (κ1) is 25.9. The summed E-state index contributed by atoms with van der Waals surface area (Å²) in [5.74, 6) is 1.50. The van der Waals surface area contributed by atoms with E-state index >= 15 is 0 Å². The van der Waals surface area contributed by atoms with Crippen LogP contribution in [0.2, 0.25) is 0 Å². The SMILES string of the molecule is CC1=NN(c2cccc3ccccc23)C(=O)C1=Cc1c(O)n(-c2ccc(C34CC5CC(CC(C5)C3)C4)cc2)c(=O)[nH]c1=O. The first-order chi connectivity index (χ1) is 20.8. The van der Waals surface area contributed by atoms with Crippen LogP contribution in [0.15, 0.2) is 87.0 Å². The van der Waals surface area contributed by atoms with Gasteiger partial charge in [0, 0.05) is 5.39 Å². The number of H-pyrrole nitrogens is 1. The molecule has 43 heavy (non-hydrogen) atoms. The molecule has 4 aromatic rings. The van der Waals surface area contributed by atoms with Gasteiger partial charge in [0.2, 0.25) is 5.88 Å². The van der Waals surface area contributed by atoms with Crippen molar-refractivity contribution in [3.05, 3.63) is 104 Å². The molecule has 3 aromatic carbocycles. The van der Waals surface area contributed by atoms with Gasteiger partial charge in [-0.2, -0.15) is 10.1 Å². The Kier molecular flexibility index (Phi) is 5.67. The lowest BCUT2D eigenvalue weighted by atomic mass is 9.48. The average Bonchev–Trinajstić information content (AvgIpc) is 3.26. The molecular weight excluding hydrogens is 540 g/mol. The number of fused-ring (bicyclic) bond motifs is 1. The number of carbonyl (C=O) groups is 1. The zero-order valence-corrected chi connectivity index (χ0v) is 23.9. The number of rotatable bonds is 4. The molecule has 8 heteroatoms. The van der Waals surface area contributed by atoms with Crippen molar-refractivity contribution in [3.8, 4) is 11.6 Å². The van der Waals surface area contributed by atoms with Crippen LogP contribution in [0.25, 0.3) is 22.5 Å². The first-order valence-corrected chi connectivity index (χ1v) is 15.1. The van der Waals surface area contributed by atoms with Gasteiger partial charge >= 0.3 is 5.69 Å². The fourth-order valence-corrected chi connectivity index (χ4v) is 8.72. The normalized spacial score (nSPS) is 27.0. The van der Waals surface area contributed by atoms with Crippen molar-refractivity contribution in [1.29, 1.82) is 0 Å². The Morgan fingerprint density at radius 1 is 0.884 bits per heavy atom. The van der Waals surface area contributed by atoms with Gasteiger partial charge in [-0.05, 0) is 104 Å². The molecule has 1 amide bonds. The lowest BCUT2D eigenvalue weighted by Gasteiger charge is -2.57. The van der Waals surface area contributed by atoms with Crippen LogP contribution in [-0.2, 0) is 10.2 Å².